The van der Waals surface area contributed by atoms with E-state index in [9.17, 15) is 14.0 Å². The predicted molar refractivity (Wildman–Crippen MR) is 114 cm³/mol. The van der Waals surface area contributed by atoms with E-state index in [2.05, 4.69) is 25.5 Å². The van der Waals surface area contributed by atoms with Gasteiger partial charge in [0.05, 0.1) is 18.2 Å². The maximum absolute atomic E-state index is 13.1. The van der Waals surface area contributed by atoms with Crippen LogP contribution >= 0.6 is 0 Å². The van der Waals surface area contributed by atoms with Gasteiger partial charge in [-0.2, -0.15) is 5.10 Å². The molecule has 8 nitrogen and oxygen atoms in total. The normalized spacial score (nSPS) is 16.2. The van der Waals surface area contributed by atoms with Crippen molar-refractivity contribution >= 4 is 11.7 Å². The van der Waals surface area contributed by atoms with Crippen molar-refractivity contribution in [2.45, 2.75) is 19.4 Å². The number of amides is 1. The van der Waals surface area contributed by atoms with Crippen LogP contribution in [0.1, 0.15) is 12.8 Å². The van der Waals surface area contributed by atoms with Crippen molar-refractivity contribution in [3.05, 3.63) is 70.9 Å². The Bertz CT molecular complexity index is 1080. The van der Waals surface area contributed by atoms with E-state index in [1.807, 2.05) is 12.1 Å². The second-order valence-corrected chi connectivity index (χ2v) is 7.44. The van der Waals surface area contributed by atoms with Gasteiger partial charge in [-0.1, -0.05) is 0 Å². The van der Waals surface area contributed by atoms with Crippen LogP contribution in [0.4, 0.5) is 10.2 Å². The minimum absolute atomic E-state index is 0.0374. The first-order valence-corrected chi connectivity index (χ1v) is 10.2. The van der Waals surface area contributed by atoms with E-state index in [0.29, 0.717) is 31.1 Å². The number of halogens is 1. The molecule has 0 saturated carbocycles. The summed E-state index contributed by atoms with van der Waals surface area (Å²) in [7, 11) is 0. The SMILES string of the molecule is O=C(NCCn1ncccc1=O)C1CCCN(c2ccc(-c3ccc(F)cc3)nn2)C1. The van der Waals surface area contributed by atoms with Crippen molar-refractivity contribution in [1.29, 1.82) is 0 Å². The molecule has 1 atom stereocenters. The third-order valence-corrected chi connectivity index (χ3v) is 5.31. The van der Waals surface area contributed by atoms with Gasteiger partial charge in [-0.15, -0.1) is 10.2 Å². The van der Waals surface area contributed by atoms with Gasteiger partial charge >= 0.3 is 0 Å². The molecular formula is C22H23FN6O2. The fraction of sp³-hybridized carbons (Fsp3) is 0.318. The smallest absolute Gasteiger partial charge is 0.266 e. The lowest BCUT2D eigenvalue weighted by Gasteiger charge is -2.32. The van der Waals surface area contributed by atoms with Gasteiger partial charge in [0, 0.05) is 37.5 Å². The van der Waals surface area contributed by atoms with Gasteiger partial charge in [-0.3, -0.25) is 9.59 Å². The Balaban J connectivity index is 1.33. The lowest BCUT2D eigenvalue weighted by Crippen LogP contribution is -2.44. The van der Waals surface area contributed by atoms with Gasteiger partial charge in [0.1, 0.15) is 5.82 Å². The van der Waals surface area contributed by atoms with Gasteiger partial charge < -0.3 is 10.2 Å². The summed E-state index contributed by atoms with van der Waals surface area (Å²) in [5.74, 6) is 0.221. The molecule has 1 fully saturated rings. The average molecular weight is 422 g/mol. The third-order valence-electron chi connectivity index (χ3n) is 5.31. The molecule has 0 bridgehead atoms. The standard InChI is InChI=1S/C22H23FN6O2/c23-18-7-5-16(6-8-18)19-9-10-20(27-26-19)28-13-2-3-17(15-28)22(31)24-12-14-29-21(30)4-1-11-25-29/h1,4-11,17H,2-3,12-15H2,(H,24,31). The Morgan fingerprint density at radius 3 is 2.71 bits per heavy atom. The van der Waals surface area contributed by atoms with Crippen LogP contribution in [0.25, 0.3) is 11.3 Å². The second-order valence-electron chi connectivity index (χ2n) is 7.44. The van der Waals surface area contributed by atoms with E-state index in [-0.39, 0.29) is 23.2 Å². The highest BCUT2D eigenvalue weighted by Gasteiger charge is 2.26. The summed E-state index contributed by atoms with van der Waals surface area (Å²) in [6, 6.07) is 12.9. The number of nitrogens with zero attached hydrogens (tertiary/aromatic N) is 5. The Morgan fingerprint density at radius 1 is 1.13 bits per heavy atom. The summed E-state index contributed by atoms with van der Waals surface area (Å²) in [4.78, 5) is 26.3. The highest BCUT2D eigenvalue weighted by atomic mass is 19.1. The Labute approximate surface area is 178 Å². The van der Waals surface area contributed by atoms with Crippen molar-refractivity contribution in [1.82, 2.24) is 25.3 Å². The largest absolute Gasteiger partial charge is 0.354 e. The molecule has 1 aliphatic rings. The molecule has 1 saturated heterocycles. The Hall–Kier alpha value is -3.62. The van der Waals surface area contributed by atoms with Crippen molar-refractivity contribution in [3.8, 4) is 11.3 Å². The zero-order valence-corrected chi connectivity index (χ0v) is 16.9. The number of benzene rings is 1. The van der Waals surface area contributed by atoms with Gasteiger partial charge in [-0.25, -0.2) is 9.07 Å². The number of hydrogen-bond acceptors (Lipinski definition) is 6. The fourth-order valence-electron chi connectivity index (χ4n) is 3.65. The highest BCUT2D eigenvalue weighted by Crippen LogP contribution is 2.23. The van der Waals surface area contributed by atoms with Gasteiger partial charge in [-0.05, 0) is 55.3 Å². The lowest BCUT2D eigenvalue weighted by molar-refractivity contribution is -0.125. The summed E-state index contributed by atoms with van der Waals surface area (Å²) in [6.07, 6.45) is 3.22. The Morgan fingerprint density at radius 2 is 1.97 bits per heavy atom. The minimum Gasteiger partial charge on any atom is -0.354 e. The maximum Gasteiger partial charge on any atom is 0.266 e. The molecule has 3 heterocycles. The van der Waals surface area contributed by atoms with Crippen molar-refractivity contribution in [2.75, 3.05) is 24.5 Å². The number of anilines is 1. The summed E-state index contributed by atoms with van der Waals surface area (Å²) >= 11 is 0. The van der Waals surface area contributed by atoms with Crippen molar-refractivity contribution in [2.24, 2.45) is 5.92 Å². The molecule has 1 N–H and O–H groups in total. The van der Waals surface area contributed by atoms with Crippen LogP contribution < -0.4 is 15.8 Å². The molecule has 1 aliphatic heterocycles. The Kier molecular flexibility index (Phi) is 6.30. The number of nitrogens with one attached hydrogen (secondary N) is 1. The summed E-state index contributed by atoms with van der Waals surface area (Å²) in [5, 5.41) is 15.5. The molecule has 1 aromatic carbocycles. The molecule has 1 unspecified atom stereocenters. The molecular weight excluding hydrogens is 399 g/mol. The number of piperidine rings is 1. The molecule has 31 heavy (non-hydrogen) atoms. The summed E-state index contributed by atoms with van der Waals surface area (Å²) in [5.41, 5.74) is 1.27. The molecule has 160 valence electrons. The van der Waals surface area contributed by atoms with Crippen LogP contribution in [0.15, 0.2) is 59.5 Å². The average Bonchev–Trinajstić information content (AvgIpc) is 2.81. The van der Waals surface area contributed by atoms with E-state index >= 15 is 0 Å². The summed E-state index contributed by atoms with van der Waals surface area (Å²) in [6.45, 7) is 2.04. The molecule has 0 spiro atoms. The van der Waals surface area contributed by atoms with Crippen molar-refractivity contribution in [3.63, 3.8) is 0 Å². The monoisotopic (exact) mass is 422 g/mol. The minimum atomic E-state index is -0.293. The van der Waals surface area contributed by atoms with Gasteiger partial charge in [0.15, 0.2) is 5.82 Å². The van der Waals surface area contributed by atoms with Gasteiger partial charge in [0.25, 0.3) is 5.56 Å². The molecule has 3 aromatic rings. The van der Waals surface area contributed by atoms with E-state index in [1.165, 1.54) is 22.9 Å². The molecule has 9 heteroatoms. The van der Waals surface area contributed by atoms with Gasteiger partial charge in [0.2, 0.25) is 5.91 Å². The van der Waals surface area contributed by atoms with Crippen LogP contribution in [0.2, 0.25) is 0 Å². The number of rotatable bonds is 6. The van der Waals surface area contributed by atoms with E-state index in [4.69, 9.17) is 0 Å². The van der Waals surface area contributed by atoms with E-state index in [1.54, 1.807) is 24.4 Å². The quantitative estimate of drug-likeness (QED) is 0.652. The second kappa shape index (κ2) is 9.46. The summed E-state index contributed by atoms with van der Waals surface area (Å²) < 4.78 is 14.4. The number of aromatic nitrogens is 4. The van der Waals surface area contributed by atoms with Crippen LogP contribution in [0, 0.1) is 11.7 Å². The fourth-order valence-corrected chi connectivity index (χ4v) is 3.65. The molecule has 1 amide bonds. The zero-order chi connectivity index (χ0) is 21.6. The molecule has 0 aliphatic carbocycles. The number of hydrogen-bond donors (Lipinski definition) is 1. The third kappa shape index (κ3) is 5.11. The first-order valence-electron chi connectivity index (χ1n) is 10.2. The van der Waals surface area contributed by atoms with E-state index in [0.717, 1.165) is 24.9 Å². The molecule has 0 radical (unpaired) electrons. The molecule has 2 aromatic heterocycles. The zero-order valence-electron chi connectivity index (χ0n) is 16.9. The van der Waals surface area contributed by atoms with Crippen molar-refractivity contribution < 1.29 is 9.18 Å². The lowest BCUT2D eigenvalue weighted by atomic mass is 9.97. The molecule has 4 rings (SSSR count). The highest BCUT2D eigenvalue weighted by molar-refractivity contribution is 5.79. The van der Waals surface area contributed by atoms with Crippen LogP contribution in [-0.2, 0) is 11.3 Å². The predicted octanol–water partition coefficient (Wildman–Crippen LogP) is 1.87. The van der Waals surface area contributed by atoms with Crippen LogP contribution in [0.3, 0.4) is 0 Å². The van der Waals surface area contributed by atoms with Crippen LogP contribution in [-0.4, -0.2) is 45.5 Å². The first-order chi connectivity index (χ1) is 15.1. The topological polar surface area (TPSA) is 93.0 Å². The first kappa shape index (κ1) is 20.6. The van der Waals surface area contributed by atoms with E-state index < -0.39 is 0 Å². The number of carbonyl (C=O) groups excluding carboxylic acids is 1. The van der Waals surface area contributed by atoms with Crippen LogP contribution in [0.5, 0.6) is 0 Å². The maximum atomic E-state index is 13.1. The number of carbonyl (C=O) groups is 1.